The summed E-state index contributed by atoms with van der Waals surface area (Å²) in [5.41, 5.74) is 2.29. The van der Waals surface area contributed by atoms with Gasteiger partial charge in [-0.3, -0.25) is 49.7 Å². The van der Waals surface area contributed by atoms with Crippen LogP contribution in [0.5, 0.6) is 0 Å². The zero-order valence-electron chi connectivity index (χ0n) is 19.5. The number of nitrogens with two attached hydrogens (primary N) is 1. The average molecular weight is 496 g/mol. The van der Waals surface area contributed by atoms with Crippen LogP contribution in [0.15, 0.2) is 24.3 Å². The van der Waals surface area contributed by atoms with E-state index in [1.807, 2.05) is 0 Å². The lowest BCUT2D eigenvalue weighted by atomic mass is 9.91. The lowest BCUT2D eigenvalue weighted by molar-refractivity contribution is -0.140. The summed E-state index contributed by atoms with van der Waals surface area (Å²) in [5.74, 6) is 2.01. The molecule has 0 bridgehead atoms. The number of rotatable bonds is 11. The molecule has 17 heteroatoms. The molecule has 15 nitrogen and oxygen atoms in total. The standard InChI is InChI=1S/C9H14BN3O4.C8H9NO4.CH7BN2O/c1-10(17)12-11-7(14)3-2-6-13-8(15)4-5-9(13)16;10-6-3-4-7(11)9(6)5-1-2-8(12)13;1-2(5)4-3/h4-5,12,17H,2-3,6H2,1H3,(H,11,14);3-4H,1-2,5H2,(H,12,13);4-5H,3H2,1H3. The number of nitrogens with one attached hydrogen (secondary N) is 3. The van der Waals surface area contributed by atoms with Crippen molar-refractivity contribution in [1.29, 1.82) is 0 Å². The van der Waals surface area contributed by atoms with E-state index in [0.29, 0.717) is 12.8 Å². The number of hydrogen-bond donors (Lipinski definition) is 7. The molecule has 0 unspecified atom stereocenters. The zero-order valence-corrected chi connectivity index (χ0v) is 19.5. The molecule has 0 aromatic heterocycles. The highest BCUT2D eigenvalue weighted by Crippen LogP contribution is 2.06. The maximum Gasteiger partial charge on any atom is 0.392 e. The summed E-state index contributed by atoms with van der Waals surface area (Å²) in [4.78, 5) is 67.6. The van der Waals surface area contributed by atoms with Crippen molar-refractivity contribution in [2.45, 2.75) is 39.3 Å². The van der Waals surface area contributed by atoms with Gasteiger partial charge in [0.05, 0.1) is 0 Å². The van der Waals surface area contributed by atoms with E-state index in [4.69, 9.17) is 15.2 Å². The first-order valence-corrected chi connectivity index (χ1v) is 10.5. The van der Waals surface area contributed by atoms with E-state index in [1.165, 1.54) is 31.1 Å². The number of carbonyl (C=O) groups is 6. The molecule has 192 valence electrons. The van der Waals surface area contributed by atoms with Crippen molar-refractivity contribution in [3.8, 4) is 0 Å². The highest BCUT2D eigenvalue weighted by Gasteiger charge is 2.23. The maximum absolute atomic E-state index is 11.2. The van der Waals surface area contributed by atoms with Crippen LogP contribution < -0.4 is 21.9 Å². The molecule has 0 aromatic carbocycles. The van der Waals surface area contributed by atoms with Gasteiger partial charge in [-0.15, -0.1) is 0 Å². The number of carboxylic acids is 1. The molecule has 0 saturated carbocycles. The van der Waals surface area contributed by atoms with Crippen LogP contribution in [0.3, 0.4) is 0 Å². The molecule has 2 aliphatic heterocycles. The molecule has 0 fully saturated rings. The van der Waals surface area contributed by atoms with Crippen molar-refractivity contribution < 1.29 is 43.9 Å². The molecule has 0 radical (unpaired) electrons. The largest absolute Gasteiger partial charge is 0.481 e. The zero-order chi connectivity index (χ0) is 27.0. The Morgan fingerprint density at radius 3 is 1.51 bits per heavy atom. The molecular weight excluding hydrogens is 466 g/mol. The first-order chi connectivity index (χ1) is 16.4. The summed E-state index contributed by atoms with van der Waals surface area (Å²) >= 11 is 0. The van der Waals surface area contributed by atoms with Gasteiger partial charge in [0.1, 0.15) is 0 Å². The SMILES string of the molecule is CB(O)NN.CB(O)NNC(=O)CCCN1C(=O)C=CC1=O.O=C(O)CCCN1C(=O)C=CC1=O. The van der Waals surface area contributed by atoms with Gasteiger partial charge in [-0.2, -0.15) is 0 Å². The van der Waals surface area contributed by atoms with E-state index in [2.05, 4.69) is 21.9 Å². The van der Waals surface area contributed by atoms with E-state index >= 15 is 0 Å². The van der Waals surface area contributed by atoms with Crippen LogP contribution in [0, 0.1) is 0 Å². The molecule has 2 rings (SSSR count). The van der Waals surface area contributed by atoms with Crippen LogP contribution in [-0.2, 0) is 28.8 Å². The molecule has 0 aliphatic carbocycles. The molecule has 0 spiro atoms. The summed E-state index contributed by atoms with van der Waals surface area (Å²) in [6.07, 6.45) is 5.59. The normalized spacial score (nSPS) is 13.9. The minimum absolute atomic E-state index is 0.0307. The molecule has 35 heavy (non-hydrogen) atoms. The Morgan fingerprint density at radius 2 is 1.20 bits per heavy atom. The van der Waals surface area contributed by atoms with Gasteiger partial charge in [0.2, 0.25) is 5.91 Å². The van der Waals surface area contributed by atoms with Gasteiger partial charge in [-0.1, -0.05) is 0 Å². The first kappa shape index (κ1) is 31.6. The molecule has 2 heterocycles. The minimum Gasteiger partial charge on any atom is -0.481 e. The number of nitrogens with zero attached hydrogens (tertiary/aromatic N) is 2. The third-order valence-corrected chi connectivity index (χ3v) is 4.02. The van der Waals surface area contributed by atoms with Crippen molar-refractivity contribution in [1.82, 2.24) is 25.9 Å². The Balaban J connectivity index is 0.000000567. The maximum atomic E-state index is 11.2. The second-order valence-corrected chi connectivity index (χ2v) is 7.13. The lowest BCUT2D eigenvalue weighted by Gasteiger charge is -2.13. The van der Waals surface area contributed by atoms with E-state index in [9.17, 15) is 28.8 Å². The Kier molecular flexibility index (Phi) is 15.5. The van der Waals surface area contributed by atoms with Gasteiger partial charge in [0, 0.05) is 50.2 Å². The summed E-state index contributed by atoms with van der Waals surface area (Å²) in [5, 5.41) is 29.7. The Morgan fingerprint density at radius 1 is 0.829 bits per heavy atom. The number of amides is 5. The van der Waals surface area contributed by atoms with Crippen molar-refractivity contribution in [3.05, 3.63) is 24.3 Å². The van der Waals surface area contributed by atoms with Crippen LogP contribution in [0.25, 0.3) is 0 Å². The van der Waals surface area contributed by atoms with Gasteiger partial charge in [-0.05, 0) is 26.5 Å². The number of imide groups is 2. The van der Waals surface area contributed by atoms with Crippen LogP contribution in [0.4, 0.5) is 0 Å². The second-order valence-electron chi connectivity index (χ2n) is 7.13. The summed E-state index contributed by atoms with van der Waals surface area (Å²) < 4.78 is 0. The van der Waals surface area contributed by atoms with Gasteiger partial charge in [-0.25, -0.2) is 5.34 Å². The van der Waals surface area contributed by atoms with Crippen LogP contribution in [0.2, 0.25) is 13.6 Å². The van der Waals surface area contributed by atoms with E-state index in [0.717, 1.165) is 9.80 Å². The van der Waals surface area contributed by atoms with Crippen molar-refractivity contribution in [2.75, 3.05) is 13.1 Å². The summed E-state index contributed by atoms with van der Waals surface area (Å²) in [6, 6.07) is 0. The number of carboxylic acid groups (broad SMARTS) is 1. The molecule has 5 amide bonds. The minimum atomic E-state index is -0.924. The first-order valence-electron chi connectivity index (χ1n) is 10.5. The lowest BCUT2D eigenvalue weighted by Crippen LogP contribution is -2.45. The Bertz CT molecular complexity index is 799. The molecular formula is C18H30B2N6O9. The Hall–Kier alpha value is -3.37. The second kappa shape index (κ2) is 17.1. The fourth-order valence-corrected chi connectivity index (χ4v) is 2.34. The predicted octanol–water partition coefficient (Wildman–Crippen LogP) is -3.24. The molecule has 0 atom stereocenters. The predicted molar refractivity (Wildman–Crippen MR) is 124 cm³/mol. The van der Waals surface area contributed by atoms with Gasteiger partial charge < -0.3 is 20.6 Å². The van der Waals surface area contributed by atoms with Gasteiger partial charge in [0.15, 0.2) is 0 Å². The number of hydrogen-bond acceptors (Lipinski definition) is 11. The molecule has 0 saturated heterocycles. The van der Waals surface area contributed by atoms with E-state index < -0.39 is 20.1 Å². The van der Waals surface area contributed by atoms with Crippen LogP contribution >= 0.6 is 0 Å². The number of carbonyl (C=O) groups excluding carboxylic acids is 5. The van der Waals surface area contributed by atoms with E-state index in [1.54, 1.807) is 6.82 Å². The molecule has 0 aromatic rings. The quantitative estimate of drug-likeness (QED) is 0.0648. The summed E-state index contributed by atoms with van der Waals surface area (Å²) in [6.45, 7) is 3.40. The smallest absolute Gasteiger partial charge is 0.392 e. The van der Waals surface area contributed by atoms with Gasteiger partial charge >= 0.3 is 20.1 Å². The average Bonchev–Trinajstić information content (AvgIpc) is 3.28. The highest BCUT2D eigenvalue weighted by atomic mass is 16.4. The van der Waals surface area contributed by atoms with Crippen molar-refractivity contribution in [3.63, 3.8) is 0 Å². The van der Waals surface area contributed by atoms with Gasteiger partial charge in [0.25, 0.3) is 23.6 Å². The van der Waals surface area contributed by atoms with Crippen LogP contribution in [0.1, 0.15) is 25.7 Å². The molecule has 2 aliphatic rings. The molecule has 8 N–H and O–H groups in total. The fourth-order valence-electron chi connectivity index (χ4n) is 2.34. The van der Waals surface area contributed by atoms with Crippen molar-refractivity contribution >= 4 is 49.6 Å². The third kappa shape index (κ3) is 14.5. The number of hydrazine groups is 2. The fraction of sp³-hybridized carbons (Fsp3) is 0.444. The number of aliphatic carboxylic acids is 1. The van der Waals surface area contributed by atoms with E-state index in [-0.39, 0.29) is 55.5 Å². The van der Waals surface area contributed by atoms with Crippen molar-refractivity contribution in [2.24, 2.45) is 5.84 Å². The topological polar surface area (TPSA) is 232 Å². The summed E-state index contributed by atoms with van der Waals surface area (Å²) in [7, 11) is -1.42. The van der Waals surface area contributed by atoms with Crippen LogP contribution in [-0.4, -0.2) is 87.7 Å². The highest BCUT2D eigenvalue weighted by molar-refractivity contribution is 6.45. The third-order valence-electron chi connectivity index (χ3n) is 4.02. The Labute approximate surface area is 202 Å². The monoisotopic (exact) mass is 496 g/mol.